The molecule has 0 radical (unpaired) electrons. The van der Waals surface area contributed by atoms with E-state index in [4.69, 9.17) is 5.11 Å². The molecule has 6 heteroatoms. The van der Waals surface area contributed by atoms with Crippen molar-refractivity contribution in [3.05, 3.63) is 35.4 Å². The molecule has 1 N–H and O–H groups in total. The van der Waals surface area contributed by atoms with Crippen LogP contribution in [0.4, 0.5) is 0 Å². The lowest BCUT2D eigenvalue weighted by molar-refractivity contribution is 0.0697. The van der Waals surface area contributed by atoms with Gasteiger partial charge >= 0.3 is 5.97 Å². The first-order valence-corrected chi connectivity index (χ1v) is 7.04. The Morgan fingerprint density at radius 1 is 1.17 bits per heavy atom. The monoisotopic (exact) mass is 267 g/mol. The lowest BCUT2D eigenvalue weighted by atomic mass is 10.1. The van der Waals surface area contributed by atoms with E-state index >= 15 is 0 Å². The summed E-state index contributed by atoms with van der Waals surface area (Å²) in [7, 11) is -0.834. The number of carbonyl (C=O) groups excluding carboxylic acids is 1. The Kier molecular flexibility index (Phi) is 3.76. The molecule has 0 atom stereocenters. The summed E-state index contributed by atoms with van der Waals surface area (Å²) in [6.07, 6.45) is 0. The summed E-state index contributed by atoms with van der Waals surface area (Å²) < 4.78 is 11.2. The van der Waals surface area contributed by atoms with Gasteiger partial charge in [-0.15, -0.1) is 0 Å². The fourth-order valence-electron chi connectivity index (χ4n) is 1.81. The predicted molar refractivity (Wildman–Crippen MR) is 67.2 cm³/mol. The van der Waals surface area contributed by atoms with Crippen LogP contribution in [0.5, 0.6) is 0 Å². The van der Waals surface area contributed by atoms with Crippen LogP contribution in [0.1, 0.15) is 20.7 Å². The highest BCUT2D eigenvalue weighted by Crippen LogP contribution is 2.11. The van der Waals surface area contributed by atoms with E-state index in [9.17, 15) is 13.8 Å². The highest BCUT2D eigenvalue weighted by molar-refractivity contribution is 7.85. The smallest absolute Gasteiger partial charge is 0.335 e. The van der Waals surface area contributed by atoms with E-state index in [0.29, 0.717) is 30.2 Å². The first kappa shape index (κ1) is 12.8. The Morgan fingerprint density at radius 2 is 1.78 bits per heavy atom. The second-order valence-corrected chi connectivity index (χ2v) is 5.72. The van der Waals surface area contributed by atoms with E-state index in [2.05, 4.69) is 0 Å². The molecule has 1 aliphatic rings. The molecule has 5 nitrogen and oxygen atoms in total. The molecule has 1 aromatic carbocycles. The lowest BCUT2D eigenvalue weighted by Gasteiger charge is -2.26. The van der Waals surface area contributed by atoms with E-state index < -0.39 is 16.8 Å². The van der Waals surface area contributed by atoms with Gasteiger partial charge in [-0.3, -0.25) is 9.00 Å². The molecular weight excluding hydrogens is 254 g/mol. The summed E-state index contributed by atoms with van der Waals surface area (Å²) in [5, 5.41) is 8.87. The summed E-state index contributed by atoms with van der Waals surface area (Å²) in [5.41, 5.74) is 0.462. The third kappa shape index (κ3) is 2.76. The average Bonchev–Trinajstić information content (AvgIpc) is 2.39. The molecule has 1 fully saturated rings. The number of rotatable bonds is 2. The number of benzene rings is 1. The highest BCUT2D eigenvalue weighted by atomic mass is 32.2. The summed E-state index contributed by atoms with van der Waals surface area (Å²) in [6.45, 7) is 0.922. The van der Waals surface area contributed by atoms with E-state index in [1.54, 1.807) is 17.0 Å². The van der Waals surface area contributed by atoms with Crippen LogP contribution in [0.2, 0.25) is 0 Å². The van der Waals surface area contributed by atoms with Crippen LogP contribution in [-0.2, 0) is 10.8 Å². The van der Waals surface area contributed by atoms with Crippen LogP contribution in [-0.4, -0.2) is 50.7 Å². The zero-order valence-corrected chi connectivity index (χ0v) is 10.5. The van der Waals surface area contributed by atoms with Gasteiger partial charge in [-0.2, -0.15) is 0 Å². The Labute approximate surface area is 107 Å². The van der Waals surface area contributed by atoms with Crippen molar-refractivity contribution >= 4 is 22.7 Å². The quantitative estimate of drug-likeness (QED) is 0.851. The fraction of sp³-hybridized carbons (Fsp3) is 0.333. The van der Waals surface area contributed by atoms with Gasteiger partial charge < -0.3 is 10.0 Å². The van der Waals surface area contributed by atoms with E-state index in [1.807, 2.05) is 0 Å². The lowest BCUT2D eigenvalue weighted by Crippen LogP contribution is -2.41. The molecule has 1 saturated heterocycles. The molecule has 1 aromatic rings. The SMILES string of the molecule is O=C(O)c1cccc(C(=O)N2CCS(=O)CC2)c1. The molecule has 0 saturated carbocycles. The van der Waals surface area contributed by atoms with Crippen molar-refractivity contribution < 1.29 is 18.9 Å². The van der Waals surface area contributed by atoms with Crippen molar-refractivity contribution in [1.82, 2.24) is 4.90 Å². The maximum atomic E-state index is 12.1. The number of nitrogens with zero attached hydrogens (tertiary/aromatic N) is 1. The second kappa shape index (κ2) is 5.30. The zero-order valence-electron chi connectivity index (χ0n) is 9.67. The van der Waals surface area contributed by atoms with Crippen molar-refractivity contribution in [1.29, 1.82) is 0 Å². The Balaban J connectivity index is 2.16. The predicted octanol–water partition coefficient (Wildman–Crippen LogP) is 0.589. The summed E-state index contributed by atoms with van der Waals surface area (Å²) in [5.74, 6) is -0.270. The van der Waals surface area contributed by atoms with Crippen molar-refractivity contribution in [2.24, 2.45) is 0 Å². The van der Waals surface area contributed by atoms with Gasteiger partial charge in [-0.1, -0.05) is 6.07 Å². The summed E-state index contributed by atoms with van der Waals surface area (Å²) >= 11 is 0. The van der Waals surface area contributed by atoms with Gasteiger partial charge in [0.05, 0.1) is 5.56 Å². The standard InChI is InChI=1S/C12H13NO4S/c14-11(13-4-6-18(17)7-5-13)9-2-1-3-10(8-9)12(15)16/h1-3,8H,4-7H2,(H,15,16). The maximum Gasteiger partial charge on any atom is 0.335 e. The normalized spacial score (nSPS) is 16.6. The molecule has 1 heterocycles. The van der Waals surface area contributed by atoms with Gasteiger partial charge in [-0.25, -0.2) is 4.79 Å². The van der Waals surface area contributed by atoms with Crippen molar-refractivity contribution in [2.45, 2.75) is 0 Å². The van der Waals surface area contributed by atoms with E-state index in [0.717, 1.165) is 0 Å². The van der Waals surface area contributed by atoms with Gasteiger partial charge in [-0.05, 0) is 18.2 Å². The molecule has 0 aromatic heterocycles. The molecule has 0 bridgehead atoms. The van der Waals surface area contributed by atoms with Crippen molar-refractivity contribution in [3.63, 3.8) is 0 Å². The summed E-state index contributed by atoms with van der Waals surface area (Å²) in [4.78, 5) is 24.6. The van der Waals surface area contributed by atoms with E-state index in [1.165, 1.54) is 12.1 Å². The molecule has 1 aliphatic heterocycles. The number of hydrogen-bond donors (Lipinski definition) is 1. The minimum Gasteiger partial charge on any atom is -0.478 e. The van der Waals surface area contributed by atoms with Crippen LogP contribution >= 0.6 is 0 Å². The fourth-order valence-corrected chi connectivity index (χ4v) is 2.86. The Hall–Kier alpha value is -1.69. The molecule has 18 heavy (non-hydrogen) atoms. The first-order chi connectivity index (χ1) is 8.58. The highest BCUT2D eigenvalue weighted by Gasteiger charge is 2.21. The number of amides is 1. The molecular formula is C12H13NO4S. The topological polar surface area (TPSA) is 74.7 Å². The third-order valence-electron chi connectivity index (χ3n) is 2.82. The number of carbonyl (C=O) groups is 2. The minimum atomic E-state index is -1.05. The molecule has 2 rings (SSSR count). The maximum absolute atomic E-state index is 12.1. The number of aromatic carboxylic acids is 1. The number of carboxylic acids is 1. The van der Waals surface area contributed by atoms with Crippen LogP contribution in [0.15, 0.2) is 24.3 Å². The zero-order chi connectivity index (χ0) is 13.1. The minimum absolute atomic E-state index is 0.0986. The first-order valence-electron chi connectivity index (χ1n) is 5.55. The second-order valence-electron chi connectivity index (χ2n) is 4.03. The number of carboxylic acid groups (broad SMARTS) is 1. The molecule has 0 unspecified atom stereocenters. The Bertz CT molecular complexity index is 505. The van der Waals surface area contributed by atoms with Gasteiger partial charge in [0.2, 0.25) is 0 Å². The molecule has 0 aliphatic carbocycles. The third-order valence-corrected chi connectivity index (χ3v) is 4.10. The average molecular weight is 267 g/mol. The molecule has 96 valence electrons. The molecule has 0 spiro atoms. The van der Waals surface area contributed by atoms with Gasteiger partial charge in [0.25, 0.3) is 5.91 Å². The van der Waals surface area contributed by atoms with E-state index in [-0.39, 0.29) is 11.5 Å². The van der Waals surface area contributed by atoms with Gasteiger partial charge in [0.1, 0.15) is 0 Å². The molecule has 1 amide bonds. The van der Waals surface area contributed by atoms with Gasteiger partial charge in [0, 0.05) is 41.0 Å². The largest absolute Gasteiger partial charge is 0.478 e. The van der Waals surface area contributed by atoms with Crippen LogP contribution in [0, 0.1) is 0 Å². The van der Waals surface area contributed by atoms with Crippen molar-refractivity contribution in [2.75, 3.05) is 24.6 Å². The number of hydrogen-bond acceptors (Lipinski definition) is 3. The van der Waals surface area contributed by atoms with Crippen LogP contribution < -0.4 is 0 Å². The Morgan fingerprint density at radius 3 is 2.39 bits per heavy atom. The van der Waals surface area contributed by atoms with Gasteiger partial charge in [0.15, 0.2) is 0 Å². The summed E-state index contributed by atoms with van der Waals surface area (Å²) in [6, 6.07) is 5.97. The van der Waals surface area contributed by atoms with Crippen LogP contribution in [0.3, 0.4) is 0 Å². The van der Waals surface area contributed by atoms with Crippen molar-refractivity contribution in [3.8, 4) is 0 Å². The van der Waals surface area contributed by atoms with Crippen LogP contribution in [0.25, 0.3) is 0 Å².